The second kappa shape index (κ2) is 5.50. The van der Waals surface area contributed by atoms with Gasteiger partial charge in [-0.2, -0.15) is 0 Å². The van der Waals surface area contributed by atoms with Crippen molar-refractivity contribution in [3.8, 4) is 0 Å². The van der Waals surface area contributed by atoms with Gasteiger partial charge in [0.1, 0.15) is 0 Å². The number of aromatic nitrogens is 1. The molecule has 3 aromatic rings. The third kappa shape index (κ3) is 2.92. The third-order valence-electron chi connectivity index (χ3n) is 3.03. The van der Waals surface area contributed by atoms with Gasteiger partial charge in [0, 0.05) is 29.9 Å². The Kier molecular flexibility index (Phi) is 3.39. The molecule has 0 unspecified atom stereocenters. The van der Waals surface area contributed by atoms with Crippen LogP contribution in [0.5, 0.6) is 0 Å². The molecule has 3 rings (SSSR count). The number of non-ortho nitro benzene ring substituents is 1. The first kappa shape index (κ1) is 12.9. The van der Waals surface area contributed by atoms with Gasteiger partial charge in [-0.3, -0.25) is 20.1 Å². The number of hydrogen-bond acceptors (Lipinski definition) is 4. The van der Waals surface area contributed by atoms with Gasteiger partial charge in [0.15, 0.2) is 0 Å². The molecule has 5 heteroatoms. The zero-order valence-corrected chi connectivity index (χ0v) is 11.0. The molecule has 2 aromatic carbocycles. The van der Waals surface area contributed by atoms with Crippen LogP contribution in [-0.4, -0.2) is 16.1 Å². The van der Waals surface area contributed by atoms with Crippen LogP contribution in [-0.2, 0) is 0 Å². The molecule has 0 atom stereocenters. The number of pyridine rings is 1. The summed E-state index contributed by atoms with van der Waals surface area (Å²) in [5.74, 6) is 0. The maximum Gasteiger partial charge on any atom is 0.270 e. The zero-order chi connectivity index (χ0) is 14.7. The Bertz CT molecular complexity index is 844. The lowest BCUT2D eigenvalue weighted by molar-refractivity contribution is -0.384. The minimum atomic E-state index is -0.418. The predicted octanol–water partition coefficient (Wildman–Crippen LogP) is 3.89. The smallest absolute Gasteiger partial charge is 0.258 e. The molecule has 0 amide bonds. The van der Waals surface area contributed by atoms with Gasteiger partial charge in [0.25, 0.3) is 5.69 Å². The van der Waals surface area contributed by atoms with Crippen molar-refractivity contribution in [1.82, 2.24) is 4.98 Å². The largest absolute Gasteiger partial charge is 0.270 e. The minimum absolute atomic E-state index is 0.0571. The summed E-state index contributed by atoms with van der Waals surface area (Å²) in [7, 11) is 0. The van der Waals surface area contributed by atoms with E-state index in [2.05, 4.69) is 9.98 Å². The molecule has 0 spiro atoms. The zero-order valence-electron chi connectivity index (χ0n) is 11.0. The maximum atomic E-state index is 10.7. The first-order valence-electron chi connectivity index (χ1n) is 6.36. The predicted molar refractivity (Wildman–Crippen MR) is 82.1 cm³/mol. The van der Waals surface area contributed by atoms with Gasteiger partial charge < -0.3 is 0 Å². The summed E-state index contributed by atoms with van der Waals surface area (Å²) in [5.41, 5.74) is 2.44. The Morgan fingerprint density at radius 2 is 2.00 bits per heavy atom. The van der Waals surface area contributed by atoms with Crippen LogP contribution in [0.1, 0.15) is 5.56 Å². The highest BCUT2D eigenvalue weighted by Gasteiger charge is 2.04. The molecule has 21 heavy (non-hydrogen) atoms. The fourth-order valence-electron chi connectivity index (χ4n) is 2.01. The monoisotopic (exact) mass is 277 g/mol. The van der Waals surface area contributed by atoms with Crippen molar-refractivity contribution in [2.24, 2.45) is 4.99 Å². The van der Waals surface area contributed by atoms with Crippen LogP contribution in [0.25, 0.3) is 10.9 Å². The molecule has 0 aliphatic heterocycles. The van der Waals surface area contributed by atoms with Crippen molar-refractivity contribution in [2.75, 3.05) is 0 Å². The van der Waals surface area contributed by atoms with Crippen molar-refractivity contribution in [2.45, 2.75) is 0 Å². The van der Waals surface area contributed by atoms with Gasteiger partial charge in [0.05, 0.1) is 16.1 Å². The van der Waals surface area contributed by atoms with Crippen LogP contribution in [0, 0.1) is 10.1 Å². The lowest BCUT2D eigenvalue weighted by atomic mass is 10.2. The second-order valence-corrected chi connectivity index (χ2v) is 4.49. The second-order valence-electron chi connectivity index (χ2n) is 4.49. The summed E-state index contributed by atoms with van der Waals surface area (Å²) in [5, 5.41) is 11.7. The molecule has 0 radical (unpaired) electrons. The summed E-state index contributed by atoms with van der Waals surface area (Å²) in [4.78, 5) is 18.9. The Morgan fingerprint density at radius 1 is 1.10 bits per heavy atom. The highest BCUT2D eigenvalue weighted by atomic mass is 16.6. The van der Waals surface area contributed by atoms with Crippen LogP contribution in [0.15, 0.2) is 65.8 Å². The maximum absolute atomic E-state index is 10.7. The Morgan fingerprint density at radius 3 is 2.86 bits per heavy atom. The van der Waals surface area contributed by atoms with Crippen molar-refractivity contribution in [1.29, 1.82) is 0 Å². The number of benzene rings is 2. The molecule has 0 saturated heterocycles. The lowest BCUT2D eigenvalue weighted by Crippen LogP contribution is -1.89. The number of nitro benzene ring substituents is 1. The molecule has 0 N–H and O–H groups in total. The first-order chi connectivity index (χ1) is 10.2. The Hall–Kier alpha value is -3.08. The molecule has 0 fully saturated rings. The van der Waals surface area contributed by atoms with Gasteiger partial charge in [-0.1, -0.05) is 18.2 Å². The molecule has 1 heterocycles. The fourth-order valence-corrected chi connectivity index (χ4v) is 2.01. The van der Waals surface area contributed by atoms with Crippen molar-refractivity contribution in [3.63, 3.8) is 0 Å². The quantitative estimate of drug-likeness (QED) is 0.414. The van der Waals surface area contributed by atoms with Gasteiger partial charge in [0.2, 0.25) is 0 Å². The van der Waals surface area contributed by atoms with Gasteiger partial charge >= 0.3 is 0 Å². The van der Waals surface area contributed by atoms with E-state index in [-0.39, 0.29) is 5.69 Å². The molecular formula is C16H11N3O2. The van der Waals surface area contributed by atoms with Crippen molar-refractivity contribution in [3.05, 3.63) is 76.5 Å². The van der Waals surface area contributed by atoms with E-state index in [1.165, 1.54) is 12.1 Å². The highest BCUT2D eigenvalue weighted by molar-refractivity contribution is 5.86. The molecule has 0 bridgehead atoms. The molecular weight excluding hydrogens is 266 g/mol. The Labute approximate surface area is 120 Å². The minimum Gasteiger partial charge on any atom is -0.258 e. The van der Waals surface area contributed by atoms with Crippen molar-refractivity contribution >= 4 is 28.5 Å². The standard InChI is InChI=1S/C16H11N3O2/c20-19(21)15-5-1-3-12(9-15)11-18-14-6-7-16-13(10-14)4-2-8-17-16/h1-11H. The van der Waals surface area contributed by atoms with E-state index in [0.717, 1.165) is 16.6 Å². The average molecular weight is 277 g/mol. The number of nitrogens with zero attached hydrogens (tertiary/aromatic N) is 3. The highest BCUT2D eigenvalue weighted by Crippen LogP contribution is 2.20. The number of nitro groups is 1. The van der Waals surface area contributed by atoms with Gasteiger partial charge in [-0.05, 0) is 29.8 Å². The first-order valence-corrected chi connectivity index (χ1v) is 6.36. The summed E-state index contributed by atoms with van der Waals surface area (Å²) < 4.78 is 0. The average Bonchev–Trinajstić information content (AvgIpc) is 2.53. The summed E-state index contributed by atoms with van der Waals surface area (Å²) in [6.07, 6.45) is 3.36. The molecule has 102 valence electrons. The topological polar surface area (TPSA) is 68.4 Å². The van der Waals surface area contributed by atoms with Crippen LogP contribution < -0.4 is 0 Å². The van der Waals surface area contributed by atoms with E-state index in [1.54, 1.807) is 24.5 Å². The molecule has 0 saturated carbocycles. The van der Waals surface area contributed by atoms with E-state index in [0.29, 0.717) is 5.56 Å². The van der Waals surface area contributed by atoms with Gasteiger partial charge in [-0.15, -0.1) is 0 Å². The van der Waals surface area contributed by atoms with Crippen LogP contribution >= 0.6 is 0 Å². The molecule has 5 nitrogen and oxygen atoms in total. The molecule has 0 aliphatic carbocycles. The van der Waals surface area contributed by atoms with E-state index < -0.39 is 4.92 Å². The van der Waals surface area contributed by atoms with Crippen molar-refractivity contribution < 1.29 is 4.92 Å². The molecule has 1 aromatic heterocycles. The van der Waals surface area contributed by atoms with Gasteiger partial charge in [-0.25, -0.2) is 0 Å². The number of aliphatic imine (C=N–C) groups is 1. The van der Waals surface area contributed by atoms with E-state index in [9.17, 15) is 10.1 Å². The number of hydrogen-bond donors (Lipinski definition) is 0. The summed E-state index contributed by atoms with van der Waals surface area (Å²) >= 11 is 0. The Balaban J connectivity index is 1.90. The van der Waals surface area contributed by atoms with Crippen LogP contribution in [0.2, 0.25) is 0 Å². The lowest BCUT2D eigenvalue weighted by Gasteiger charge is -1.98. The number of rotatable bonds is 3. The van der Waals surface area contributed by atoms with Crippen LogP contribution in [0.4, 0.5) is 11.4 Å². The van der Waals surface area contributed by atoms with E-state index >= 15 is 0 Å². The summed E-state index contributed by atoms with van der Waals surface area (Å²) in [6, 6.07) is 15.9. The fraction of sp³-hybridized carbons (Fsp3) is 0. The van der Waals surface area contributed by atoms with E-state index in [1.807, 2.05) is 30.3 Å². The van der Waals surface area contributed by atoms with Crippen LogP contribution in [0.3, 0.4) is 0 Å². The third-order valence-corrected chi connectivity index (χ3v) is 3.03. The number of fused-ring (bicyclic) bond motifs is 1. The summed E-state index contributed by atoms with van der Waals surface area (Å²) in [6.45, 7) is 0. The van der Waals surface area contributed by atoms with E-state index in [4.69, 9.17) is 0 Å². The SMILES string of the molecule is O=[N+]([O-])c1cccc(C=Nc2ccc3ncccc3c2)c1. The normalized spacial score (nSPS) is 11.0. The molecule has 0 aliphatic rings.